The molecular formula is C17H22BrN5O. The number of halogens is 1. The number of amides is 1. The van der Waals surface area contributed by atoms with E-state index in [-0.39, 0.29) is 5.91 Å². The lowest BCUT2D eigenvalue weighted by Gasteiger charge is -2.10. The number of hydrogen-bond acceptors (Lipinski definition) is 5. The first kappa shape index (κ1) is 18.4. The Morgan fingerprint density at radius 2 is 2.00 bits per heavy atom. The summed E-state index contributed by atoms with van der Waals surface area (Å²) in [7, 11) is 4.01. The van der Waals surface area contributed by atoms with Crippen LogP contribution in [-0.2, 0) is 0 Å². The molecular weight excluding hydrogens is 370 g/mol. The second-order valence-corrected chi connectivity index (χ2v) is 6.72. The van der Waals surface area contributed by atoms with E-state index >= 15 is 0 Å². The summed E-state index contributed by atoms with van der Waals surface area (Å²) in [5, 5.41) is 14.1. The minimum absolute atomic E-state index is 0.201. The summed E-state index contributed by atoms with van der Waals surface area (Å²) in [6.45, 7) is 3.56. The molecule has 0 radical (unpaired) electrons. The first-order valence-electron chi connectivity index (χ1n) is 7.75. The number of rotatable bonds is 7. The quantitative estimate of drug-likeness (QED) is 0.709. The Labute approximate surface area is 150 Å². The summed E-state index contributed by atoms with van der Waals surface area (Å²) < 4.78 is 1.03. The average Bonchev–Trinajstić information content (AvgIpc) is 2.54. The van der Waals surface area contributed by atoms with E-state index in [0.29, 0.717) is 18.1 Å². The van der Waals surface area contributed by atoms with Crippen molar-refractivity contribution in [3.05, 3.63) is 46.1 Å². The van der Waals surface area contributed by atoms with E-state index in [1.54, 1.807) is 12.1 Å². The highest BCUT2D eigenvalue weighted by Crippen LogP contribution is 2.22. The number of carbonyl (C=O) groups excluding carboxylic acids is 1. The first-order chi connectivity index (χ1) is 11.5. The number of aromatic nitrogens is 2. The van der Waals surface area contributed by atoms with E-state index in [9.17, 15) is 4.79 Å². The minimum atomic E-state index is -0.201. The summed E-state index contributed by atoms with van der Waals surface area (Å²) in [6, 6.07) is 9.37. The van der Waals surface area contributed by atoms with E-state index in [4.69, 9.17) is 0 Å². The summed E-state index contributed by atoms with van der Waals surface area (Å²) in [6.07, 6.45) is 0.897. The van der Waals surface area contributed by atoms with Gasteiger partial charge in [0.15, 0.2) is 11.5 Å². The van der Waals surface area contributed by atoms with Gasteiger partial charge in [-0.05, 0) is 69.9 Å². The zero-order valence-corrected chi connectivity index (χ0v) is 15.7. The summed E-state index contributed by atoms with van der Waals surface area (Å²) in [5.41, 5.74) is 2.36. The molecule has 24 heavy (non-hydrogen) atoms. The fraction of sp³-hybridized carbons (Fsp3) is 0.353. The zero-order chi connectivity index (χ0) is 17.5. The number of benzene rings is 1. The molecule has 2 rings (SSSR count). The van der Waals surface area contributed by atoms with Crippen molar-refractivity contribution < 1.29 is 4.79 Å². The maximum atomic E-state index is 12.0. The van der Waals surface area contributed by atoms with Crippen molar-refractivity contribution in [2.75, 3.05) is 32.5 Å². The maximum Gasteiger partial charge on any atom is 0.271 e. The predicted molar refractivity (Wildman–Crippen MR) is 99.7 cm³/mol. The number of nitrogens with one attached hydrogen (secondary N) is 2. The lowest BCUT2D eigenvalue weighted by Crippen LogP contribution is -2.28. The van der Waals surface area contributed by atoms with Crippen LogP contribution in [0.1, 0.15) is 22.5 Å². The van der Waals surface area contributed by atoms with Gasteiger partial charge in [-0.25, -0.2) is 0 Å². The second-order valence-electron chi connectivity index (χ2n) is 5.80. The smallest absolute Gasteiger partial charge is 0.271 e. The fourth-order valence-electron chi connectivity index (χ4n) is 2.11. The summed E-state index contributed by atoms with van der Waals surface area (Å²) in [5.74, 6) is 0.400. The number of hydrogen-bond donors (Lipinski definition) is 2. The van der Waals surface area contributed by atoms with Crippen LogP contribution >= 0.6 is 15.9 Å². The van der Waals surface area contributed by atoms with Gasteiger partial charge < -0.3 is 15.5 Å². The van der Waals surface area contributed by atoms with Gasteiger partial charge in [-0.1, -0.05) is 15.9 Å². The highest BCUT2D eigenvalue weighted by atomic mass is 79.9. The molecule has 128 valence electrons. The van der Waals surface area contributed by atoms with Crippen LogP contribution in [-0.4, -0.2) is 48.2 Å². The van der Waals surface area contributed by atoms with Gasteiger partial charge in [0.25, 0.3) is 5.91 Å². The molecule has 1 aromatic carbocycles. The molecule has 1 amide bonds. The van der Waals surface area contributed by atoms with Crippen LogP contribution in [0.25, 0.3) is 0 Å². The maximum absolute atomic E-state index is 12.0. The van der Waals surface area contributed by atoms with E-state index in [2.05, 4.69) is 41.7 Å². The molecule has 0 bridgehead atoms. The Bertz CT molecular complexity index is 688. The number of aryl methyl sites for hydroxylation is 1. The Morgan fingerprint density at radius 3 is 2.62 bits per heavy atom. The van der Waals surface area contributed by atoms with Gasteiger partial charge >= 0.3 is 0 Å². The van der Waals surface area contributed by atoms with Crippen molar-refractivity contribution in [2.45, 2.75) is 13.3 Å². The van der Waals surface area contributed by atoms with Gasteiger partial charge in [0.1, 0.15) is 0 Å². The number of anilines is 2. The Morgan fingerprint density at radius 1 is 1.21 bits per heavy atom. The van der Waals surface area contributed by atoms with E-state index in [1.807, 2.05) is 39.2 Å². The highest BCUT2D eigenvalue weighted by Gasteiger charge is 2.08. The topological polar surface area (TPSA) is 70.2 Å². The van der Waals surface area contributed by atoms with E-state index in [1.165, 1.54) is 0 Å². The van der Waals surface area contributed by atoms with Crippen LogP contribution < -0.4 is 10.6 Å². The molecule has 0 unspecified atom stereocenters. The van der Waals surface area contributed by atoms with E-state index < -0.39 is 0 Å². The van der Waals surface area contributed by atoms with E-state index in [0.717, 1.165) is 28.7 Å². The van der Waals surface area contributed by atoms with Gasteiger partial charge in [0, 0.05) is 16.7 Å². The van der Waals surface area contributed by atoms with Gasteiger partial charge in [-0.15, -0.1) is 10.2 Å². The molecule has 0 saturated heterocycles. The van der Waals surface area contributed by atoms with Crippen molar-refractivity contribution in [3.8, 4) is 0 Å². The molecule has 2 N–H and O–H groups in total. The molecule has 1 heterocycles. The normalized spacial score (nSPS) is 10.7. The average molecular weight is 392 g/mol. The summed E-state index contributed by atoms with van der Waals surface area (Å²) in [4.78, 5) is 14.1. The third-order valence-corrected chi connectivity index (χ3v) is 3.91. The van der Waals surface area contributed by atoms with Crippen molar-refractivity contribution in [1.82, 2.24) is 20.4 Å². The fourth-order valence-corrected chi connectivity index (χ4v) is 2.59. The second kappa shape index (κ2) is 8.75. The third-order valence-electron chi connectivity index (χ3n) is 3.42. The number of carbonyl (C=O) groups is 1. The van der Waals surface area contributed by atoms with Crippen LogP contribution in [0.3, 0.4) is 0 Å². The van der Waals surface area contributed by atoms with Crippen molar-refractivity contribution in [2.24, 2.45) is 0 Å². The largest absolute Gasteiger partial charge is 0.351 e. The van der Waals surface area contributed by atoms with Crippen LogP contribution in [0, 0.1) is 6.92 Å². The molecule has 7 heteroatoms. The molecule has 0 spiro atoms. The van der Waals surface area contributed by atoms with Gasteiger partial charge in [0.2, 0.25) is 0 Å². The number of nitrogens with zero attached hydrogens (tertiary/aromatic N) is 3. The van der Waals surface area contributed by atoms with Crippen molar-refractivity contribution in [3.63, 3.8) is 0 Å². The predicted octanol–water partition coefficient (Wildman–Crippen LogP) is 2.97. The van der Waals surface area contributed by atoms with Gasteiger partial charge in [-0.2, -0.15) is 0 Å². The standard InChI is InChI=1S/C17H22BrN5O/c1-12-11-13(18)5-6-14(12)20-16-8-7-15(21-22-16)17(24)19-9-4-10-23(2)3/h5-8,11H,4,9-10H2,1-3H3,(H,19,24)(H,20,22). The lowest BCUT2D eigenvalue weighted by molar-refractivity contribution is 0.0946. The third kappa shape index (κ3) is 5.58. The molecule has 0 saturated carbocycles. The van der Waals surface area contributed by atoms with Crippen molar-refractivity contribution >= 4 is 33.3 Å². The highest BCUT2D eigenvalue weighted by molar-refractivity contribution is 9.10. The van der Waals surface area contributed by atoms with Crippen molar-refractivity contribution in [1.29, 1.82) is 0 Å². The zero-order valence-electron chi connectivity index (χ0n) is 14.1. The molecule has 0 aliphatic carbocycles. The Hall–Kier alpha value is -1.99. The van der Waals surface area contributed by atoms with Gasteiger partial charge in [0.05, 0.1) is 0 Å². The molecule has 0 aliphatic heterocycles. The Balaban J connectivity index is 1.91. The van der Waals surface area contributed by atoms with Crippen LogP contribution in [0.5, 0.6) is 0 Å². The summed E-state index contributed by atoms with van der Waals surface area (Å²) >= 11 is 3.44. The monoisotopic (exact) mass is 391 g/mol. The van der Waals surface area contributed by atoms with Crippen LogP contribution in [0.2, 0.25) is 0 Å². The van der Waals surface area contributed by atoms with Crippen LogP contribution in [0.15, 0.2) is 34.8 Å². The molecule has 0 fully saturated rings. The minimum Gasteiger partial charge on any atom is -0.351 e. The molecule has 0 aliphatic rings. The first-order valence-corrected chi connectivity index (χ1v) is 8.55. The van der Waals surface area contributed by atoms with Gasteiger partial charge in [-0.3, -0.25) is 4.79 Å². The molecule has 6 nitrogen and oxygen atoms in total. The lowest BCUT2D eigenvalue weighted by atomic mass is 10.2. The Kier molecular flexibility index (Phi) is 6.69. The molecule has 2 aromatic rings. The molecule has 0 atom stereocenters. The SMILES string of the molecule is Cc1cc(Br)ccc1Nc1ccc(C(=O)NCCCN(C)C)nn1. The molecule has 1 aromatic heterocycles. The van der Waals surface area contributed by atoms with Crippen LogP contribution in [0.4, 0.5) is 11.5 Å².